The molecule has 3 aliphatic rings. The largest absolute Gasteiger partial charge is 0.480 e. The highest BCUT2D eigenvalue weighted by Gasteiger charge is 2.28. The quantitative estimate of drug-likeness (QED) is 0.399. The number of aromatic nitrogens is 5. The van der Waals surface area contributed by atoms with Crippen LogP contribution < -0.4 is 20.5 Å². The molecule has 1 amide bonds. The molecule has 0 spiro atoms. The van der Waals surface area contributed by atoms with Gasteiger partial charge in [0.05, 0.1) is 6.54 Å². The van der Waals surface area contributed by atoms with Gasteiger partial charge in [0.25, 0.3) is 11.5 Å². The van der Waals surface area contributed by atoms with Crippen molar-refractivity contribution in [3.05, 3.63) is 70.2 Å². The molecule has 0 atom stereocenters. The normalized spacial score (nSPS) is 17.2. The second-order valence-electron chi connectivity index (χ2n) is 10.2. The molecule has 1 aromatic carbocycles. The van der Waals surface area contributed by atoms with Crippen molar-refractivity contribution in [2.75, 3.05) is 37.0 Å². The number of likely N-dealkylation sites (N-methyl/N-ethyl adjacent to an activating group) is 1. The van der Waals surface area contributed by atoms with Crippen molar-refractivity contribution in [2.24, 2.45) is 0 Å². The van der Waals surface area contributed by atoms with Crippen LogP contribution in [0.4, 0.5) is 17.5 Å². The maximum Gasteiger partial charge on any atom is 0.278 e. The zero-order valence-electron chi connectivity index (χ0n) is 21.6. The van der Waals surface area contributed by atoms with E-state index in [9.17, 15) is 9.59 Å². The van der Waals surface area contributed by atoms with Crippen molar-refractivity contribution in [3.8, 4) is 11.6 Å². The maximum atomic E-state index is 13.5. The van der Waals surface area contributed by atoms with E-state index in [0.29, 0.717) is 47.5 Å². The average molecular weight is 525 g/mol. The Bertz CT molecular complexity index is 1710. The SMILES string of the molecule is CN1CCc2ccc(Nc3ncc4c(=O)n5n(c4n3)-c3ccc4c(n3)N(CCCC=CC5)C(=O)CO4)cc2C1. The number of fused-ring (bicyclic) bond motifs is 6. The molecule has 2 bridgehead atoms. The van der Waals surface area contributed by atoms with Gasteiger partial charge in [0, 0.05) is 31.5 Å². The van der Waals surface area contributed by atoms with Gasteiger partial charge in [-0.25, -0.2) is 19.3 Å². The molecule has 198 valence electrons. The van der Waals surface area contributed by atoms with Gasteiger partial charge >= 0.3 is 0 Å². The molecule has 0 aliphatic carbocycles. The first kappa shape index (κ1) is 23.6. The zero-order chi connectivity index (χ0) is 26.5. The minimum atomic E-state index is -0.209. The van der Waals surface area contributed by atoms with Gasteiger partial charge in [0.1, 0.15) is 5.39 Å². The Morgan fingerprint density at radius 3 is 2.87 bits per heavy atom. The number of allylic oxidation sites excluding steroid dienone is 2. The minimum Gasteiger partial charge on any atom is -0.480 e. The fourth-order valence-electron chi connectivity index (χ4n) is 5.47. The first-order valence-electron chi connectivity index (χ1n) is 13.2. The number of nitrogens with zero attached hydrogens (tertiary/aromatic N) is 7. The fourth-order valence-corrected chi connectivity index (χ4v) is 5.47. The summed E-state index contributed by atoms with van der Waals surface area (Å²) in [7, 11) is 2.12. The first-order chi connectivity index (χ1) is 19.0. The third-order valence-corrected chi connectivity index (χ3v) is 7.49. The summed E-state index contributed by atoms with van der Waals surface area (Å²) in [6.45, 7) is 2.84. The number of amides is 1. The molecule has 0 fully saturated rings. The smallest absolute Gasteiger partial charge is 0.278 e. The fraction of sp³-hybridized carbons (Fsp3) is 0.321. The van der Waals surface area contributed by atoms with Crippen LogP contribution in [0.1, 0.15) is 24.0 Å². The van der Waals surface area contributed by atoms with Crippen LogP contribution in [0.3, 0.4) is 0 Å². The highest BCUT2D eigenvalue weighted by molar-refractivity contribution is 5.96. The molecule has 0 radical (unpaired) electrons. The lowest BCUT2D eigenvalue weighted by atomic mass is 9.99. The summed E-state index contributed by atoms with van der Waals surface area (Å²) in [5.41, 5.74) is 3.75. The van der Waals surface area contributed by atoms with Crippen LogP contribution in [0.25, 0.3) is 16.9 Å². The molecule has 6 heterocycles. The van der Waals surface area contributed by atoms with Gasteiger partial charge in [0.2, 0.25) is 5.95 Å². The lowest BCUT2D eigenvalue weighted by molar-refractivity contribution is -0.121. The number of carbonyl (C=O) groups is 1. The zero-order valence-corrected chi connectivity index (χ0v) is 21.6. The van der Waals surface area contributed by atoms with Crippen molar-refractivity contribution in [2.45, 2.75) is 32.4 Å². The number of ether oxygens (including phenoxy) is 1. The van der Waals surface area contributed by atoms with Crippen LogP contribution in [-0.2, 0) is 24.3 Å². The predicted octanol–water partition coefficient (Wildman–Crippen LogP) is 2.78. The van der Waals surface area contributed by atoms with E-state index in [-0.39, 0.29) is 18.1 Å². The van der Waals surface area contributed by atoms with Crippen LogP contribution in [-0.4, -0.2) is 61.9 Å². The lowest BCUT2D eigenvalue weighted by Gasteiger charge is -2.28. The third kappa shape index (κ3) is 4.15. The Morgan fingerprint density at radius 2 is 1.95 bits per heavy atom. The number of hydrogen-bond acceptors (Lipinski definition) is 8. The minimum absolute atomic E-state index is 0.0116. The number of pyridine rings is 1. The number of hydrogen-bond donors (Lipinski definition) is 1. The van der Waals surface area contributed by atoms with Crippen molar-refractivity contribution < 1.29 is 9.53 Å². The highest BCUT2D eigenvalue weighted by atomic mass is 16.5. The molecule has 3 aromatic heterocycles. The summed E-state index contributed by atoms with van der Waals surface area (Å²) in [6, 6.07) is 9.90. The van der Waals surface area contributed by atoms with Crippen LogP contribution in [0, 0.1) is 0 Å². The monoisotopic (exact) mass is 524 g/mol. The first-order valence-corrected chi connectivity index (χ1v) is 13.2. The Kier molecular flexibility index (Phi) is 5.66. The Morgan fingerprint density at radius 1 is 1.03 bits per heavy atom. The number of carbonyl (C=O) groups excluding carboxylic acids is 1. The van der Waals surface area contributed by atoms with Gasteiger partial charge < -0.3 is 15.0 Å². The summed E-state index contributed by atoms with van der Waals surface area (Å²) < 4.78 is 8.95. The molecule has 4 aromatic rings. The third-order valence-electron chi connectivity index (χ3n) is 7.49. The molecular weight excluding hydrogens is 496 g/mol. The Balaban J connectivity index is 1.35. The summed E-state index contributed by atoms with van der Waals surface area (Å²) in [6.07, 6.45) is 8.15. The summed E-state index contributed by atoms with van der Waals surface area (Å²) >= 11 is 0. The van der Waals surface area contributed by atoms with Crippen LogP contribution in [0.5, 0.6) is 5.75 Å². The molecule has 1 N–H and O–H groups in total. The summed E-state index contributed by atoms with van der Waals surface area (Å²) in [5.74, 6) is 1.73. The van der Waals surface area contributed by atoms with Crippen LogP contribution >= 0.6 is 0 Å². The highest BCUT2D eigenvalue weighted by Crippen LogP contribution is 2.32. The van der Waals surface area contributed by atoms with Crippen molar-refractivity contribution in [3.63, 3.8) is 0 Å². The molecule has 39 heavy (non-hydrogen) atoms. The molecule has 11 nitrogen and oxygen atoms in total. The van der Waals surface area contributed by atoms with E-state index in [0.717, 1.165) is 38.0 Å². The summed E-state index contributed by atoms with van der Waals surface area (Å²) in [5, 5.41) is 3.71. The summed E-state index contributed by atoms with van der Waals surface area (Å²) in [4.78, 5) is 44.2. The molecule has 3 aliphatic heterocycles. The number of rotatable bonds is 2. The van der Waals surface area contributed by atoms with Gasteiger partial charge in [0.15, 0.2) is 29.6 Å². The number of benzene rings is 1. The molecule has 0 saturated heterocycles. The van der Waals surface area contributed by atoms with Gasteiger partial charge in [-0.2, -0.15) is 4.98 Å². The Hall–Kier alpha value is -4.51. The second-order valence-corrected chi connectivity index (χ2v) is 10.2. The van der Waals surface area contributed by atoms with E-state index < -0.39 is 0 Å². The standard InChI is InChI=1S/C28H28N8O3/c1-33-13-10-18-6-7-20(14-19(18)16-33)30-28-29-15-21-25(32-28)36-23-9-8-22-26(31-23)34(24(37)17-39-22)11-4-2-3-5-12-35(36)27(21)38/h3,5-9,14-15H,2,4,10-13,16-17H2,1H3,(H,29,30,32). The average Bonchev–Trinajstić information content (AvgIpc) is 3.20. The second kappa shape index (κ2) is 9.35. The van der Waals surface area contributed by atoms with Gasteiger partial charge in [-0.3, -0.25) is 14.5 Å². The van der Waals surface area contributed by atoms with Crippen molar-refractivity contribution >= 4 is 34.4 Å². The lowest BCUT2D eigenvalue weighted by Crippen LogP contribution is -2.40. The maximum absolute atomic E-state index is 13.5. The molecule has 0 unspecified atom stereocenters. The number of anilines is 3. The van der Waals surface area contributed by atoms with Crippen LogP contribution in [0.2, 0.25) is 0 Å². The number of nitrogens with one attached hydrogen (secondary N) is 1. The van der Waals surface area contributed by atoms with E-state index in [2.05, 4.69) is 34.4 Å². The molecule has 7 rings (SSSR count). The van der Waals surface area contributed by atoms with E-state index in [1.807, 2.05) is 18.2 Å². The molecule has 0 saturated carbocycles. The van der Waals surface area contributed by atoms with E-state index in [1.165, 1.54) is 11.1 Å². The molecular formula is C28H28N8O3. The predicted molar refractivity (Wildman–Crippen MR) is 147 cm³/mol. The van der Waals surface area contributed by atoms with E-state index in [1.54, 1.807) is 32.6 Å². The van der Waals surface area contributed by atoms with E-state index >= 15 is 0 Å². The van der Waals surface area contributed by atoms with E-state index in [4.69, 9.17) is 14.7 Å². The Labute approximate surface area is 224 Å². The van der Waals surface area contributed by atoms with Gasteiger partial charge in [-0.1, -0.05) is 18.2 Å². The van der Waals surface area contributed by atoms with Crippen molar-refractivity contribution in [1.82, 2.24) is 29.2 Å². The molecule has 11 heteroatoms. The van der Waals surface area contributed by atoms with Crippen LogP contribution in [0.15, 0.2) is 53.5 Å². The van der Waals surface area contributed by atoms with Crippen molar-refractivity contribution in [1.29, 1.82) is 0 Å². The van der Waals surface area contributed by atoms with Gasteiger partial charge in [-0.05, 0) is 61.7 Å². The topological polar surface area (TPSA) is 110 Å². The van der Waals surface area contributed by atoms with Gasteiger partial charge in [-0.15, -0.1) is 0 Å².